The number of amides is 1. The second-order valence-corrected chi connectivity index (χ2v) is 11.6. The molecule has 0 fully saturated rings. The van der Waals surface area contributed by atoms with E-state index in [4.69, 9.17) is 23.2 Å². The van der Waals surface area contributed by atoms with Crippen LogP contribution in [0, 0.1) is 6.92 Å². The van der Waals surface area contributed by atoms with Crippen molar-refractivity contribution in [1.82, 2.24) is 4.98 Å². The van der Waals surface area contributed by atoms with Gasteiger partial charge in [-0.3, -0.25) is 9.69 Å². The number of aryl methyl sites for hydroxylation is 1. The Morgan fingerprint density at radius 3 is 2.29 bits per heavy atom. The lowest BCUT2D eigenvalue weighted by molar-refractivity contribution is -0.117. The van der Waals surface area contributed by atoms with Crippen molar-refractivity contribution in [3.8, 4) is 0 Å². The molecule has 0 unspecified atom stereocenters. The van der Waals surface area contributed by atoms with Gasteiger partial charge in [0.15, 0.2) is 10.9 Å². The summed E-state index contributed by atoms with van der Waals surface area (Å²) < 4.78 is 28.1. The highest BCUT2D eigenvalue weighted by atomic mass is 35.5. The van der Waals surface area contributed by atoms with E-state index in [1.54, 1.807) is 54.6 Å². The molecule has 1 aliphatic rings. The summed E-state index contributed by atoms with van der Waals surface area (Å²) in [6, 6.07) is 16.7. The number of benzene rings is 3. The van der Waals surface area contributed by atoms with Crippen LogP contribution in [0.25, 0.3) is 10.2 Å². The molecule has 1 aromatic heterocycles. The predicted octanol–water partition coefficient (Wildman–Crippen LogP) is 6.24. The lowest BCUT2D eigenvalue weighted by atomic mass is 10.1. The highest BCUT2D eigenvalue weighted by Crippen LogP contribution is 2.46. The predicted molar refractivity (Wildman–Crippen MR) is 134 cm³/mol. The van der Waals surface area contributed by atoms with Crippen molar-refractivity contribution in [2.24, 2.45) is 0 Å². The van der Waals surface area contributed by atoms with Crippen molar-refractivity contribution in [2.75, 3.05) is 4.90 Å². The molecule has 1 atom stereocenters. The lowest BCUT2D eigenvalue weighted by Gasteiger charge is -2.24. The summed E-state index contributed by atoms with van der Waals surface area (Å²) >= 11 is 13.3. The van der Waals surface area contributed by atoms with Gasteiger partial charge in [0.05, 0.1) is 15.1 Å². The van der Waals surface area contributed by atoms with Gasteiger partial charge in [-0.15, -0.1) is 0 Å². The van der Waals surface area contributed by atoms with Crippen LogP contribution >= 0.6 is 34.5 Å². The lowest BCUT2D eigenvalue weighted by Crippen LogP contribution is -2.31. The highest BCUT2D eigenvalue weighted by molar-refractivity contribution is 7.95. The molecule has 34 heavy (non-hydrogen) atoms. The number of hydrogen-bond donors (Lipinski definition) is 1. The number of fused-ring (bicyclic) bond motifs is 1. The van der Waals surface area contributed by atoms with Crippen molar-refractivity contribution >= 4 is 65.6 Å². The number of carbonyl (C=O) groups is 1. The zero-order valence-electron chi connectivity index (χ0n) is 17.6. The Balaban J connectivity index is 1.72. The van der Waals surface area contributed by atoms with E-state index < -0.39 is 32.5 Å². The molecular weight excluding hydrogens is 515 g/mol. The first-order chi connectivity index (χ1) is 16.2. The zero-order valence-corrected chi connectivity index (χ0v) is 20.7. The SMILES string of the molecule is Cc1ccc(S(=O)(=O)C2=C(O)C(=O)N(c3nc4ccc(Cl)cc4s3)[C@@H]2c2ccc(Cl)cc2)cc1. The molecule has 5 rings (SSSR count). The topological polar surface area (TPSA) is 87.6 Å². The average Bonchev–Trinajstić information content (AvgIpc) is 3.32. The van der Waals surface area contributed by atoms with Crippen LogP contribution in [0.2, 0.25) is 10.0 Å². The number of nitrogens with zero attached hydrogens (tertiary/aromatic N) is 2. The van der Waals surface area contributed by atoms with E-state index in [1.165, 1.54) is 28.4 Å². The number of carbonyl (C=O) groups excluding carboxylic acids is 1. The van der Waals surface area contributed by atoms with Gasteiger partial charge in [-0.1, -0.05) is 64.4 Å². The van der Waals surface area contributed by atoms with E-state index in [1.807, 2.05) is 6.92 Å². The Kier molecular flexibility index (Phi) is 5.64. The summed E-state index contributed by atoms with van der Waals surface area (Å²) in [6.07, 6.45) is 0. The average molecular weight is 531 g/mol. The van der Waals surface area contributed by atoms with E-state index >= 15 is 0 Å². The van der Waals surface area contributed by atoms with Crippen LogP contribution in [-0.2, 0) is 14.6 Å². The van der Waals surface area contributed by atoms with Crippen molar-refractivity contribution in [3.05, 3.63) is 98.6 Å². The Morgan fingerprint density at radius 2 is 1.62 bits per heavy atom. The first-order valence-electron chi connectivity index (χ1n) is 10.1. The molecule has 0 spiro atoms. The summed E-state index contributed by atoms with van der Waals surface area (Å²) in [7, 11) is -4.23. The molecule has 0 saturated carbocycles. The maximum absolute atomic E-state index is 13.7. The molecule has 0 aliphatic carbocycles. The first-order valence-corrected chi connectivity index (χ1v) is 13.1. The third-order valence-corrected chi connectivity index (χ3v) is 8.91. The maximum Gasteiger partial charge on any atom is 0.296 e. The van der Waals surface area contributed by atoms with E-state index in [0.717, 1.165) is 10.3 Å². The summed E-state index contributed by atoms with van der Waals surface area (Å²) in [5, 5.41) is 12.1. The summed E-state index contributed by atoms with van der Waals surface area (Å²) in [6.45, 7) is 1.84. The van der Waals surface area contributed by atoms with Crippen LogP contribution in [0.5, 0.6) is 0 Å². The van der Waals surface area contributed by atoms with E-state index in [-0.39, 0.29) is 10.0 Å². The molecule has 0 bridgehead atoms. The van der Waals surface area contributed by atoms with Gasteiger partial charge in [0.25, 0.3) is 5.91 Å². The fourth-order valence-corrected chi connectivity index (χ4v) is 6.85. The normalized spacial score (nSPS) is 16.6. The van der Waals surface area contributed by atoms with Crippen molar-refractivity contribution in [1.29, 1.82) is 0 Å². The minimum atomic E-state index is -4.23. The van der Waals surface area contributed by atoms with Gasteiger partial charge in [0.1, 0.15) is 10.9 Å². The monoisotopic (exact) mass is 530 g/mol. The number of rotatable bonds is 4. The standard InChI is InChI=1S/C24H16Cl2N2O4S2/c1-13-2-9-17(10-3-13)34(31,32)22-20(14-4-6-15(25)7-5-14)28(23(30)21(22)29)24-27-18-11-8-16(26)12-19(18)33-24/h2-12,20,29H,1H3/t20-/m1/s1. The molecule has 10 heteroatoms. The van der Waals surface area contributed by atoms with Crippen LogP contribution in [-0.4, -0.2) is 24.4 Å². The molecule has 172 valence electrons. The molecule has 0 saturated heterocycles. The number of aromatic nitrogens is 1. The fraction of sp³-hybridized carbons (Fsp3) is 0.0833. The summed E-state index contributed by atoms with van der Waals surface area (Å²) in [5.41, 5.74) is 1.94. The van der Waals surface area contributed by atoms with Crippen molar-refractivity contribution < 1.29 is 18.3 Å². The van der Waals surface area contributed by atoms with Crippen LogP contribution in [0.15, 0.2) is 82.3 Å². The number of hydrogen-bond acceptors (Lipinski definition) is 6. The molecule has 0 radical (unpaired) electrons. The van der Waals surface area contributed by atoms with Gasteiger partial charge in [-0.2, -0.15) is 0 Å². The Labute approximate surface area is 209 Å². The van der Waals surface area contributed by atoms with Gasteiger partial charge in [0.2, 0.25) is 9.84 Å². The Bertz CT molecular complexity index is 1580. The largest absolute Gasteiger partial charge is 0.502 e. The summed E-state index contributed by atoms with van der Waals surface area (Å²) in [4.78, 5) is 18.6. The minimum absolute atomic E-state index is 0.0238. The van der Waals surface area contributed by atoms with Crippen molar-refractivity contribution in [3.63, 3.8) is 0 Å². The molecule has 3 aromatic carbocycles. The Morgan fingerprint density at radius 1 is 0.971 bits per heavy atom. The van der Waals surface area contributed by atoms with E-state index in [9.17, 15) is 18.3 Å². The smallest absolute Gasteiger partial charge is 0.296 e. The molecule has 6 nitrogen and oxygen atoms in total. The third-order valence-electron chi connectivity index (χ3n) is 5.51. The van der Waals surface area contributed by atoms with Crippen LogP contribution in [0.3, 0.4) is 0 Å². The van der Waals surface area contributed by atoms with Gasteiger partial charge < -0.3 is 5.11 Å². The number of aliphatic hydroxyl groups excluding tert-OH is 1. The molecule has 2 heterocycles. The van der Waals surface area contributed by atoms with Crippen LogP contribution < -0.4 is 4.90 Å². The first kappa shape index (κ1) is 22.9. The number of thiazole rings is 1. The molecule has 1 aliphatic heterocycles. The number of halogens is 2. The van der Waals surface area contributed by atoms with Gasteiger partial charge in [-0.25, -0.2) is 13.4 Å². The molecule has 4 aromatic rings. The van der Waals surface area contributed by atoms with E-state index in [2.05, 4.69) is 4.98 Å². The Hall–Kier alpha value is -2.91. The molecule has 1 N–H and O–H groups in total. The molecular formula is C24H16Cl2N2O4S2. The van der Waals surface area contributed by atoms with Crippen LogP contribution in [0.4, 0.5) is 5.13 Å². The van der Waals surface area contributed by atoms with Gasteiger partial charge in [-0.05, 0) is 55.0 Å². The maximum atomic E-state index is 13.7. The summed E-state index contributed by atoms with van der Waals surface area (Å²) in [5.74, 6) is -1.69. The number of aliphatic hydroxyl groups is 1. The van der Waals surface area contributed by atoms with Gasteiger partial charge in [0, 0.05) is 10.0 Å². The second kappa shape index (κ2) is 8.39. The van der Waals surface area contributed by atoms with Crippen LogP contribution in [0.1, 0.15) is 17.2 Å². The minimum Gasteiger partial charge on any atom is -0.502 e. The van der Waals surface area contributed by atoms with Crippen molar-refractivity contribution in [2.45, 2.75) is 17.9 Å². The number of anilines is 1. The highest BCUT2D eigenvalue weighted by Gasteiger charge is 2.48. The van der Waals surface area contributed by atoms with E-state index in [0.29, 0.717) is 21.1 Å². The zero-order chi connectivity index (χ0) is 24.2. The fourth-order valence-electron chi connectivity index (χ4n) is 3.83. The molecule has 1 amide bonds. The second-order valence-electron chi connectivity index (χ2n) is 7.77. The third kappa shape index (κ3) is 3.76. The van der Waals surface area contributed by atoms with Gasteiger partial charge >= 0.3 is 0 Å². The quantitative estimate of drug-likeness (QED) is 0.337. The number of sulfone groups is 1.